The molecule has 1 fully saturated rings. The second-order valence-electron chi connectivity index (χ2n) is 5.44. The lowest BCUT2D eigenvalue weighted by atomic mass is 9.93. The van der Waals surface area contributed by atoms with Crippen molar-refractivity contribution in [3.05, 3.63) is 24.3 Å². The molecule has 0 aliphatic heterocycles. The number of amides is 1. The molecule has 7 heteroatoms. The zero-order valence-corrected chi connectivity index (χ0v) is 12.8. The highest BCUT2D eigenvalue weighted by atomic mass is 32.2. The van der Waals surface area contributed by atoms with Crippen molar-refractivity contribution in [2.75, 3.05) is 5.32 Å². The van der Waals surface area contributed by atoms with Gasteiger partial charge < -0.3 is 11.1 Å². The first-order chi connectivity index (χ1) is 9.87. The Bertz CT molecular complexity index is 590. The van der Waals surface area contributed by atoms with Crippen LogP contribution in [0.1, 0.15) is 32.6 Å². The summed E-state index contributed by atoms with van der Waals surface area (Å²) in [5.41, 5.74) is 6.39. The SMILES string of the molecule is CC(=O)Nc1ccc(S(=O)(=O)NC2CCC(N)CC2)cc1. The maximum atomic E-state index is 12.3. The van der Waals surface area contributed by atoms with Gasteiger partial charge in [0.25, 0.3) is 0 Å². The minimum atomic E-state index is -3.53. The summed E-state index contributed by atoms with van der Waals surface area (Å²) in [5.74, 6) is -0.192. The van der Waals surface area contributed by atoms with E-state index < -0.39 is 10.0 Å². The van der Waals surface area contributed by atoms with E-state index >= 15 is 0 Å². The Hall–Kier alpha value is -1.44. The molecule has 0 bridgehead atoms. The first kappa shape index (κ1) is 15.9. The minimum Gasteiger partial charge on any atom is -0.328 e. The van der Waals surface area contributed by atoms with Crippen molar-refractivity contribution >= 4 is 21.6 Å². The normalized spacial score (nSPS) is 22.8. The summed E-state index contributed by atoms with van der Waals surface area (Å²) in [5, 5.41) is 2.60. The van der Waals surface area contributed by atoms with Gasteiger partial charge in [-0.3, -0.25) is 4.79 Å². The molecule has 21 heavy (non-hydrogen) atoms. The van der Waals surface area contributed by atoms with Gasteiger partial charge in [-0.2, -0.15) is 0 Å². The molecule has 1 aromatic carbocycles. The molecule has 0 spiro atoms. The molecule has 1 aromatic rings. The van der Waals surface area contributed by atoms with Crippen molar-refractivity contribution in [3.63, 3.8) is 0 Å². The van der Waals surface area contributed by atoms with Gasteiger partial charge in [0.1, 0.15) is 0 Å². The summed E-state index contributed by atoms with van der Waals surface area (Å²) in [6.07, 6.45) is 3.22. The number of carbonyl (C=O) groups excluding carboxylic acids is 1. The van der Waals surface area contributed by atoms with E-state index in [1.54, 1.807) is 12.1 Å². The van der Waals surface area contributed by atoms with Gasteiger partial charge in [-0.1, -0.05) is 0 Å². The van der Waals surface area contributed by atoms with Crippen LogP contribution in [-0.2, 0) is 14.8 Å². The molecule has 0 aromatic heterocycles. The lowest BCUT2D eigenvalue weighted by Gasteiger charge is -2.26. The van der Waals surface area contributed by atoms with Crippen molar-refractivity contribution in [1.29, 1.82) is 0 Å². The van der Waals surface area contributed by atoms with E-state index in [1.807, 2.05) is 0 Å². The molecule has 0 radical (unpaired) electrons. The fourth-order valence-electron chi connectivity index (χ4n) is 2.45. The Morgan fingerprint density at radius 2 is 1.71 bits per heavy atom. The number of anilines is 1. The van der Waals surface area contributed by atoms with Crippen molar-refractivity contribution in [1.82, 2.24) is 4.72 Å². The van der Waals surface area contributed by atoms with Gasteiger partial charge in [0.2, 0.25) is 15.9 Å². The van der Waals surface area contributed by atoms with Crippen LogP contribution in [0.2, 0.25) is 0 Å². The third-order valence-corrected chi connectivity index (χ3v) is 5.12. The molecule has 2 rings (SSSR count). The minimum absolute atomic E-state index is 0.0511. The molecule has 0 saturated heterocycles. The fourth-order valence-corrected chi connectivity index (χ4v) is 3.75. The molecule has 0 atom stereocenters. The quantitative estimate of drug-likeness (QED) is 0.777. The van der Waals surface area contributed by atoms with Gasteiger partial charge in [0.15, 0.2) is 0 Å². The van der Waals surface area contributed by atoms with E-state index in [-0.39, 0.29) is 22.9 Å². The maximum Gasteiger partial charge on any atom is 0.240 e. The van der Waals surface area contributed by atoms with Gasteiger partial charge in [0.05, 0.1) is 4.90 Å². The summed E-state index contributed by atoms with van der Waals surface area (Å²) in [6.45, 7) is 1.40. The largest absolute Gasteiger partial charge is 0.328 e. The topological polar surface area (TPSA) is 101 Å². The molecule has 1 saturated carbocycles. The number of sulfonamides is 1. The standard InChI is InChI=1S/C14H21N3O3S/c1-10(18)16-12-6-8-14(9-7-12)21(19,20)17-13-4-2-11(15)3-5-13/h6-9,11,13,17H,2-5,15H2,1H3,(H,16,18). The molecule has 1 aliphatic carbocycles. The molecule has 6 nitrogen and oxygen atoms in total. The second kappa shape index (κ2) is 6.55. The summed E-state index contributed by atoms with van der Waals surface area (Å²) in [7, 11) is -3.53. The molecule has 1 aliphatic rings. The molecule has 1 amide bonds. The molecule has 4 N–H and O–H groups in total. The van der Waals surface area contributed by atoms with Crippen LogP contribution >= 0.6 is 0 Å². The maximum absolute atomic E-state index is 12.3. The Balaban J connectivity index is 2.03. The van der Waals surface area contributed by atoms with E-state index in [0.717, 1.165) is 25.7 Å². The number of rotatable bonds is 4. The highest BCUT2D eigenvalue weighted by Gasteiger charge is 2.24. The average molecular weight is 311 g/mol. The van der Waals surface area contributed by atoms with Crippen LogP contribution in [0.5, 0.6) is 0 Å². The highest BCUT2D eigenvalue weighted by Crippen LogP contribution is 2.20. The molecule has 116 valence electrons. The number of nitrogens with one attached hydrogen (secondary N) is 2. The Morgan fingerprint density at radius 3 is 2.24 bits per heavy atom. The first-order valence-corrected chi connectivity index (χ1v) is 8.51. The van der Waals surface area contributed by atoms with Crippen molar-refractivity contribution in [2.24, 2.45) is 5.73 Å². The highest BCUT2D eigenvalue weighted by molar-refractivity contribution is 7.89. The lowest BCUT2D eigenvalue weighted by molar-refractivity contribution is -0.114. The Kier molecular flexibility index (Phi) is 4.97. The summed E-state index contributed by atoms with van der Waals surface area (Å²) in [6, 6.07) is 6.26. The summed E-state index contributed by atoms with van der Waals surface area (Å²) >= 11 is 0. The average Bonchev–Trinajstić information content (AvgIpc) is 2.41. The zero-order valence-electron chi connectivity index (χ0n) is 12.0. The third-order valence-electron chi connectivity index (χ3n) is 3.58. The predicted octanol–water partition coefficient (Wildman–Crippen LogP) is 1.19. The number of benzene rings is 1. The predicted molar refractivity (Wildman–Crippen MR) is 81.3 cm³/mol. The number of nitrogens with two attached hydrogens (primary N) is 1. The number of hydrogen-bond acceptors (Lipinski definition) is 4. The van der Waals surface area contributed by atoms with E-state index in [2.05, 4.69) is 10.0 Å². The van der Waals surface area contributed by atoms with Crippen molar-refractivity contribution < 1.29 is 13.2 Å². The van der Waals surface area contributed by atoms with Crippen LogP contribution in [0.15, 0.2) is 29.2 Å². The van der Waals surface area contributed by atoms with Crippen LogP contribution < -0.4 is 15.8 Å². The van der Waals surface area contributed by atoms with Crippen LogP contribution in [0, 0.1) is 0 Å². The van der Waals surface area contributed by atoms with Gasteiger partial charge in [-0.15, -0.1) is 0 Å². The van der Waals surface area contributed by atoms with Crippen LogP contribution in [0.3, 0.4) is 0 Å². The van der Waals surface area contributed by atoms with Gasteiger partial charge in [0, 0.05) is 24.7 Å². The van der Waals surface area contributed by atoms with E-state index in [9.17, 15) is 13.2 Å². The molecular formula is C14H21N3O3S. The summed E-state index contributed by atoms with van der Waals surface area (Å²) < 4.78 is 27.3. The van der Waals surface area contributed by atoms with Crippen LogP contribution in [-0.4, -0.2) is 26.4 Å². The third kappa shape index (κ3) is 4.52. The monoisotopic (exact) mass is 311 g/mol. The van der Waals surface area contributed by atoms with Crippen molar-refractivity contribution in [2.45, 2.75) is 49.6 Å². The van der Waals surface area contributed by atoms with Crippen LogP contribution in [0.4, 0.5) is 5.69 Å². The molecule has 0 unspecified atom stereocenters. The molecular weight excluding hydrogens is 290 g/mol. The smallest absolute Gasteiger partial charge is 0.240 e. The second-order valence-corrected chi connectivity index (χ2v) is 7.15. The zero-order chi connectivity index (χ0) is 15.5. The first-order valence-electron chi connectivity index (χ1n) is 7.02. The summed E-state index contributed by atoms with van der Waals surface area (Å²) in [4.78, 5) is 11.1. The molecule has 0 heterocycles. The van der Waals surface area contributed by atoms with E-state index in [0.29, 0.717) is 5.69 Å². The van der Waals surface area contributed by atoms with Crippen LogP contribution in [0.25, 0.3) is 0 Å². The van der Waals surface area contributed by atoms with E-state index in [4.69, 9.17) is 5.73 Å². The van der Waals surface area contributed by atoms with Gasteiger partial charge >= 0.3 is 0 Å². The van der Waals surface area contributed by atoms with E-state index in [1.165, 1.54) is 19.1 Å². The van der Waals surface area contributed by atoms with Crippen molar-refractivity contribution in [3.8, 4) is 0 Å². The fraction of sp³-hybridized carbons (Fsp3) is 0.500. The number of carbonyl (C=O) groups is 1. The Labute approximate surface area is 125 Å². The van der Waals surface area contributed by atoms with Gasteiger partial charge in [-0.05, 0) is 49.9 Å². The Morgan fingerprint density at radius 1 is 1.14 bits per heavy atom. The van der Waals surface area contributed by atoms with Gasteiger partial charge in [-0.25, -0.2) is 13.1 Å². The lowest BCUT2D eigenvalue weighted by Crippen LogP contribution is -2.40. The number of hydrogen-bond donors (Lipinski definition) is 3.